The van der Waals surface area contributed by atoms with Crippen LogP contribution >= 0.6 is 11.3 Å². The predicted octanol–water partition coefficient (Wildman–Crippen LogP) is 5.32. The molecule has 0 atom stereocenters. The molecule has 6 nitrogen and oxygen atoms in total. The highest BCUT2D eigenvalue weighted by molar-refractivity contribution is 7.13. The second-order valence-corrected chi connectivity index (χ2v) is 9.50. The summed E-state index contributed by atoms with van der Waals surface area (Å²) in [5.41, 5.74) is 3.42. The van der Waals surface area contributed by atoms with Gasteiger partial charge < -0.3 is 18.9 Å². The molecule has 2 aromatic heterocycles. The molecular formula is C23H25F2N3O3S. The first kappa shape index (κ1) is 22.3. The number of halogens is 2. The van der Waals surface area contributed by atoms with Crippen LogP contribution in [0.25, 0.3) is 21.8 Å². The molecule has 170 valence electrons. The second kappa shape index (κ2) is 8.20. The van der Waals surface area contributed by atoms with Crippen LogP contribution in [0.3, 0.4) is 0 Å². The molecule has 0 fully saturated rings. The summed E-state index contributed by atoms with van der Waals surface area (Å²) in [7, 11) is 3.20. The number of carbonyl (C=O) groups is 1. The number of thiazole rings is 1. The number of carbonyl (C=O) groups excluding carboxylic acids is 1. The standard InChI is InChI=1S/C23H25F2N3O3S/c1-23(2,3)27(4)21(29)16-11-15(20-26-7-9-32-20)19-14-12-18(31-22(24)25)17(30-5)10-13(14)6-8-28(16)19/h7,9-12,22H,6,8H2,1-5H3. The third-order valence-electron chi connectivity index (χ3n) is 5.75. The maximum atomic E-state index is 13.4. The molecule has 0 unspecified atom stereocenters. The Morgan fingerprint density at radius 1 is 1.22 bits per heavy atom. The minimum absolute atomic E-state index is 0.0410. The molecular weight excluding hydrogens is 436 g/mol. The summed E-state index contributed by atoms with van der Waals surface area (Å²) >= 11 is 1.46. The summed E-state index contributed by atoms with van der Waals surface area (Å²) < 4.78 is 38.0. The van der Waals surface area contributed by atoms with Crippen molar-refractivity contribution >= 4 is 17.2 Å². The van der Waals surface area contributed by atoms with Gasteiger partial charge in [-0.05, 0) is 51.0 Å². The molecule has 9 heteroatoms. The van der Waals surface area contributed by atoms with E-state index in [9.17, 15) is 13.6 Å². The van der Waals surface area contributed by atoms with E-state index in [4.69, 9.17) is 9.47 Å². The van der Waals surface area contributed by atoms with E-state index in [1.54, 1.807) is 30.3 Å². The molecule has 0 radical (unpaired) electrons. The van der Waals surface area contributed by atoms with Crippen LogP contribution in [0.2, 0.25) is 0 Å². The number of fused-ring (bicyclic) bond motifs is 3. The van der Waals surface area contributed by atoms with Gasteiger partial charge in [0.25, 0.3) is 5.91 Å². The van der Waals surface area contributed by atoms with Crippen molar-refractivity contribution in [1.82, 2.24) is 14.5 Å². The zero-order valence-electron chi connectivity index (χ0n) is 18.6. The Balaban J connectivity index is 1.94. The van der Waals surface area contributed by atoms with Crippen LogP contribution in [0.1, 0.15) is 36.8 Å². The van der Waals surface area contributed by atoms with Crippen molar-refractivity contribution in [2.24, 2.45) is 0 Å². The van der Waals surface area contributed by atoms with Gasteiger partial charge in [-0.3, -0.25) is 4.79 Å². The number of alkyl halides is 2. The average Bonchev–Trinajstić information content (AvgIpc) is 3.38. The fourth-order valence-corrected chi connectivity index (χ4v) is 4.51. The third-order valence-corrected chi connectivity index (χ3v) is 6.56. The Kier molecular flexibility index (Phi) is 5.70. The number of nitrogens with zero attached hydrogens (tertiary/aromatic N) is 3. The summed E-state index contributed by atoms with van der Waals surface area (Å²) in [5, 5.41) is 2.62. The van der Waals surface area contributed by atoms with Crippen LogP contribution in [0.15, 0.2) is 29.8 Å². The molecule has 0 aliphatic carbocycles. The van der Waals surface area contributed by atoms with Crippen molar-refractivity contribution in [2.75, 3.05) is 14.2 Å². The minimum atomic E-state index is -2.98. The maximum absolute atomic E-state index is 13.4. The highest BCUT2D eigenvalue weighted by atomic mass is 32.1. The Hall–Kier alpha value is -2.94. The SMILES string of the molecule is COc1cc2c(cc1OC(F)F)-c1c(-c3nccs3)cc(C(=O)N(C)C(C)(C)C)n1CC2. The van der Waals surface area contributed by atoms with Crippen molar-refractivity contribution < 1.29 is 23.0 Å². The van der Waals surface area contributed by atoms with Gasteiger partial charge in [-0.15, -0.1) is 11.3 Å². The fourth-order valence-electron chi connectivity index (χ4n) is 3.85. The average molecular weight is 462 g/mol. The number of hydrogen-bond acceptors (Lipinski definition) is 5. The van der Waals surface area contributed by atoms with Gasteiger partial charge in [-0.25, -0.2) is 4.98 Å². The third kappa shape index (κ3) is 3.85. The number of aryl methyl sites for hydroxylation is 1. The summed E-state index contributed by atoms with van der Waals surface area (Å²) in [6.45, 7) is 3.52. The minimum Gasteiger partial charge on any atom is -0.493 e. The van der Waals surface area contributed by atoms with Crippen LogP contribution in [-0.4, -0.2) is 46.7 Å². The smallest absolute Gasteiger partial charge is 0.387 e. The first-order valence-corrected chi connectivity index (χ1v) is 11.1. The van der Waals surface area contributed by atoms with E-state index in [0.717, 1.165) is 27.4 Å². The van der Waals surface area contributed by atoms with Crippen molar-refractivity contribution in [3.05, 3.63) is 41.0 Å². The molecule has 0 N–H and O–H groups in total. The largest absolute Gasteiger partial charge is 0.493 e. The van der Waals surface area contributed by atoms with E-state index in [1.807, 2.05) is 36.8 Å². The zero-order chi connectivity index (χ0) is 23.2. The van der Waals surface area contributed by atoms with E-state index < -0.39 is 6.61 Å². The number of ether oxygens (including phenoxy) is 2. The lowest BCUT2D eigenvalue weighted by atomic mass is 9.95. The highest BCUT2D eigenvalue weighted by Crippen LogP contribution is 2.45. The molecule has 1 aliphatic heterocycles. The Bertz CT molecular complexity index is 1150. The highest BCUT2D eigenvalue weighted by Gasteiger charge is 2.32. The summed E-state index contributed by atoms with van der Waals surface area (Å²) in [5.74, 6) is 0.104. The van der Waals surface area contributed by atoms with Gasteiger partial charge in [-0.1, -0.05) is 0 Å². The molecule has 0 saturated carbocycles. The second-order valence-electron chi connectivity index (χ2n) is 8.60. The first-order valence-electron chi connectivity index (χ1n) is 10.2. The van der Waals surface area contributed by atoms with Crippen LogP contribution in [0, 0.1) is 0 Å². The molecule has 1 aliphatic rings. The van der Waals surface area contributed by atoms with Crippen molar-refractivity contribution in [1.29, 1.82) is 0 Å². The van der Waals surface area contributed by atoms with Crippen LogP contribution < -0.4 is 9.47 Å². The number of rotatable bonds is 5. The van der Waals surface area contributed by atoms with E-state index in [1.165, 1.54) is 18.4 Å². The predicted molar refractivity (Wildman–Crippen MR) is 120 cm³/mol. The Morgan fingerprint density at radius 2 is 1.97 bits per heavy atom. The molecule has 1 aromatic carbocycles. The van der Waals surface area contributed by atoms with Gasteiger partial charge in [0.05, 0.1) is 12.8 Å². The van der Waals surface area contributed by atoms with Crippen molar-refractivity contribution in [2.45, 2.75) is 45.9 Å². The lowest BCUT2D eigenvalue weighted by Gasteiger charge is -2.32. The van der Waals surface area contributed by atoms with Crippen LogP contribution in [0.5, 0.6) is 11.5 Å². The van der Waals surface area contributed by atoms with Crippen molar-refractivity contribution in [3.8, 4) is 33.3 Å². The zero-order valence-corrected chi connectivity index (χ0v) is 19.4. The number of benzene rings is 1. The van der Waals surface area contributed by atoms with E-state index in [2.05, 4.69) is 4.98 Å². The number of amides is 1. The van der Waals surface area contributed by atoms with Crippen LogP contribution in [0.4, 0.5) is 8.78 Å². The topological polar surface area (TPSA) is 56.6 Å². The number of hydrogen-bond donors (Lipinski definition) is 0. The molecule has 3 heterocycles. The van der Waals surface area contributed by atoms with Gasteiger partial charge in [0.2, 0.25) is 0 Å². The van der Waals surface area contributed by atoms with E-state index in [0.29, 0.717) is 18.7 Å². The molecule has 0 saturated heterocycles. The van der Waals surface area contributed by atoms with Gasteiger partial charge in [0.1, 0.15) is 10.7 Å². The Labute approximate surface area is 189 Å². The first-order chi connectivity index (χ1) is 15.1. The lowest BCUT2D eigenvalue weighted by molar-refractivity contribution is -0.0512. The van der Waals surface area contributed by atoms with Gasteiger partial charge >= 0.3 is 6.61 Å². The molecule has 3 aromatic rings. The lowest BCUT2D eigenvalue weighted by Crippen LogP contribution is -2.43. The molecule has 32 heavy (non-hydrogen) atoms. The Morgan fingerprint density at radius 3 is 2.56 bits per heavy atom. The molecule has 0 spiro atoms. The molecule has 0 bridgehead atoms. The normalized spacial score (nSPS) is 13.0. The van der Waals surface area contributed by atoms with Gasteiger partial charge in [-0.2, -0.15) is 8.78 Å². The van der Waals surface area contributed by atoms with E-state index in [-0.39, 0.29) is 22.9 Å². The fraction of sp³-hybridized carbons (Fsp3) is 0.391. The summed E-state index contributed by atoms with van der Waals surface area (Å²) in [6, 6.07) is 5.16. The summed E-state index contributed by atoms with van der Waals surface area (Å²) in [6.07, 6.45) is 2.33. The number of aromatic nitrogens is 2. The van der Waals surface area contributed by atoms with E-state index >= 15 is 0 Å². The molecule has 4 rings (SSSR count). The monoisotopic (exact) mass is 461 g/mol. The van der Waals surface area contributed by atoms with Gasteiger partial charge in [0.15, 0.2) is 11.5 Å². The maximum Gasteiger partial charge on any atom is 0.387 e. The van der Waals surface area contributed by atoms with Gasteiger partial charge in [0, 0.05) is 41.8 Å². The summed E-state index contributed by atoms with van der Waals surface area (Å²) in [4.78, 5) is 19.6. The number of methoxy groups -OCH3 is 1. The molecule has 1 amide bonds. The van der Waals surface area contributed by atoms with Crippen LogP contribution in [-0.2, 0) is 13.0 Å². The van der Waals surface area contributed by atoms with Crippen molar-refractivity contribution in [3.63, 3.8) is 0 Å². The quantitative estimate of drug-likeness (QED) is 0.516.